The molecule has 0 unspecified atom stereocenters. The lowest BCUT2D eigenvalue weighted by Crippen LogP contribution is -2.35. The Morgan fingerprint density at radius 2 is 0.622 bits per heavy atom. The second-order valence-corrected chi connectivity index (χ2v) is 15.2. The molecule has 0 amide bonds. The first-order chi connectivity index (χ1) is 21.9. The lowest BCUT2D eigenvalue weighted by atomic mass is 9.98. The highest BCUT2D eigenvalue weighted by Gasteiger charge is 2.33. The Hall–Kier alpha value is -0.170. The fourth-order valence-corrected chi connectivity index (χ4v) is 7.35. The second-order valence-electron chi connectivity index (χ2n) is 14.0. The van der Waals surface area contributed by atoms with E-state index in [1.54, 1.807) is 6.92 Å². The average molecular weight is 661 g/mol. The molecule has 0 aliphatic rings. The van der Waals surface area contributed by atoms with Crippen molar-refractivity contribution >= 4 is 10.4 Å². The fourth-order valence-electron chi connectivity index (χ4n) is 6.47. The highest BCUT2D eigenvalue weighted by molar-refractivity contribution is 7.81. The summed E-state index contributed by atoms with van der Waals surface area (Å²) in [5, 5.41) is 11.1. The molecule has 0 saturated heterocycles. The van der Waals surface area contributed by atoms with Gasteiger partial charge in [0.05, 0.1) is 6.61 Å². The van der Waals surface area contributed by atoms with Crippen molar-refractivity contribution in [2.75, 3.05) is 6.61 Å². The summed E-state index contributed by atoms with van der Waals surface area (Å²) >= 11 is 0. The van der Waals surface area contributed by atoms with Gasteiger partial charge in [0, 0.05) is 12.8 Å². The van der Waals surface area contributed by atoms with Gasteiger partial charge in [0.15, 0.2) is 5.79 Å². The van der Waals surface area contributed by atoms with Crippen molar-refractivity contribution in [3.05, 3.63) is 0 Å². The Morgan fingerprint density at radius 3 is 0.844 bits per heavy atom. The van der Waals surface area contributed by atoms with Gasteiger partial charge >= 0.3 is 10.4 Å². The predicted molar refractivity (Wildman–Crippen MR) is 195 cm³/mol. The maximum atomic E-state index is 12.2. The Labute approximate surface area is 283 Å². The zero-order valence-corrected chi connectivity index (χ0v) is 31.6. The van der Waals surface area contributed by atoms with E-state index in [0.717, 1.165) is 38.5 Å². The lowest BCUT2D eigenvalue weighted by Gasteiger charge is -2.27. The summed E-state index contributed by atoms with van der Waals surface area (Å²) in [5.41, 5.74) is 0. The van der Waals surface area contributed by atoms with Gasteiger partial charge < -0.3 is 5.11 Å². The Morgan fingerprint density at radius 1 is 0.400 bits per heavy atom. The highest BCUT2D eigenvalue weighted by Crippen LogP contribution is 2.27. The number of hydrogen-bond donors (Lipinski definition) is 1. The first-order valence-corrected chi connectivity index (χ1v) is 21.5. The van der Waals surface area contributed by atoms with E-state index >= 15 is 0 Å². The van der Waals surface area contributed by atoms with Crippen LogP contribution in [0.5, 0.6) is 0 Å². The van der Waals surface area contributed by atoms with Crippen molar-refractivity contribution in [3.63, 3.8) is 0 Å². The summed E-state index contributed by atoms with van der Waals surface area (Å²) in [5.74, 6) is -1.65. The van der Waals surface area contributed by atoms with Crippen LogP contribution in [0.1, 0.15) is 239 Å². The topological polar surface area (TPSA) is 72.8 Å². The van der Waals surface area contributed by atoms with Crippen LogP contribution < -0.4 is 0 Å². The molecule has 0 heterocycles. The van der Waals surface area contributed by atoms with Crippen LogP contribution in [0.15, 0.2) is 0 Å². The molecule has 0 spiro atoms. The van der Waals surface area contributed by atoms with Crippen molar-refractivity contribution < 1.29 is 21.9 Å². The summed E-state index contributed by atoms with van der Waals surface area (Å²) in [4.78, 5) is 0. The van der Waals surface area contributed by atoms with E-state index < -0.39 is 16.2 Å². The SMILES string of the molecule is CCCCCCCCCCCCCCCCCCC(O)(CCCCCCCCCCCCCCCCCC)OS(=O)(=O)OCC. The van der Waals surface area contributed by atoms with Gasteiger partial charge in [-0.15, -0.1) is 0 Å². The zero-order valence-electron chi connectivity index (χ0n) is 30.7. The third-order valence-electron chi connectivity index (χ3n) is 9.36. The molecule has 0 aliphatic heterocycles. The third kappa shape index (κ3) is 33.5. The molecule has 0 rings (SSSR count). The van der Waals surface area contributed by atoms with Gasteiger partial charge in [-0.25, -0.2) is 8.37 Å². The Balaban J connectivity index is 3.91. The Kier molecular flexibility index (Phi) is 33.6. The zero-order chi connectivity index (χ0) is 33.2. The van der Waals surface area contributed by atoms with Crippen molar-refractivity contribution in [1.82, 2.24) is 0 Å². The number of aliphatic hydroxyl groups is 1. The minimum atomic E-state index is -4.18. The minimum Gasteiger partial charge on any atom is -0.364 e. The molecule has 45 heavy (non-hydrogen) atoms. The Bertz CT molecular complexity index is 645. The minimum absolute atomic E-state index is 0.0104. The van der Waals surface area contributed by atoms with Gasteiger partial charge in [0.2, 0.25) is 0 Å². The fraction of sp³-hybridized carbons (Fsp3) is 1.00. The van der Waals surface area contributed by atoms with Crippen LogP contribution in [0.4, 0.5) is 0 Å². The molecule has 0 aromatic carbocycles. The maximum Gasteiger partial charge on any atom is 0.402 e. The summed E-state index contributed by atoms with van der Waals surface area (Å²) < 4.78 is 34.4. The molecule has 1 N–H and O–H groups in total. The van der Waals surface area contributed by atoms with Crippen molar-refractivity contribution in [3.8, 4) is 0 Å². The molecule has 5 nitrogen and oxygen atoms in total. The molecule has 0 aromatic heterocycles. The summed E-state index contributed by atoms with van der Waals surface area (Å²) in [6.07, 6.45) is 41.8. The second kappa shape index (κ2) is 33.7. The summed E-state index contributed by atoms with van der Waals surface area (Å²) in [7, 11) is -4.18. The molecule has 272 valence electrons. The molecular formula is C39H80O5S. The molecule has 0 aromatic rings. The van der Waals surface area contributed by atoms with Crippen LogP contribution in [0, 0.1) is 0 Å². The molecule has 0 fully saturated rings. The largest absolute Gasteiger partial charge is 0.402 e. The van der Waals surface area contributed by atoms with Crippen molar-refractivity contribution in [1.29, 1.82) is 0 Å². The van der Waals surface area contributed by atoms with E-state index in [-0.39, 0.29) is 6.61 Å². The molecule has 0 saturated carbocycles. The number of unbranched alkanes of at least 4 members (excludes halogenated alkanes) is 30. The standard InChI is InChI=1S/C39H80O5S/c1-4-7-9-11-13-15-17-19-21-23-25-27-29-31-33-35-37-39(40,44-45(41,42)43-6-3)38-36-34-32-30-28-26-24-22-20-18-16-14-12-10-8-5-2/h40H,4-38H2,1-3H3. The molecule has 6 heteroatoms. The molecular weight excluding hydrogens is 580 g/mol. The van der Waals surface area contributed by atoms with E-state index in [9.17, 15) is 13.5 Å². The molecule has 0 atom stereocenters. The number of hydrogen-bond acceptors (Lipinski definition) is 5. The van der Waals surface area contributed by atoms with E-state index in [1.807, 2.05) is 0 Å². The van der Waals surface area contributed by atoms with Crippen LogP contribution in [0.3, 0.4) is 0 Å². The monoisotopic (exact) mass is 661 g/mol. The van der Waals surface area contributed by atoms with E-state index in [0.29, 0.717) is 12.8 Å². The maximum absolute atomic E-state index is 12.2. The van der Waals surface area contributed by atoms with Gasteiger partial charge in [-0.1, -0.05) is 206 Å². The van der Waals surface area contributed by atoms with Crippen molar-refractivity contribution in [2.24, 2.45) is 0 Å². The smallest absolute Gasteiger partial charge is 0.364 e. The van der Waals surface area contributed by atoms with Crippen LogP contribution in [0.25, 0.3) is 0 Å². The van der Waals surface area contributed by atoms with Gasteiger partial charge in [-0.05, 0) is 19.8 Å². The van der Waals surface area contributed by atoms with Gasteiger partial charge in [-0.3, -0.25) is 0 Å². The normalized spacial score (nSPS) is 12.4. The van der Waals surface area contributed by atoms with Crippen LogP contribution >= 0.6 is 0 Å². The van der Waals surface area contributed by atoms with E-state index in [2.05, 4.69) is 13.8 Å². The van der Waals surface area contributed by atoms with Crippen LogP contribution in [-0.4, -0.2) is 25.9 Å². The molecule has 0 aliphatic carbocycles. The van der Waals surface area contributed by atoms with Gasteiger partial charge in [0.1, 0.15) is 0 Å². The highest BCUT2D eigenvalue weighted by atomic mass is 32.3. The average Bonchev–Trinajstić information content (AvgIpc) is 3.00. The van der Waals surface area contributed by atoms with E-state index in [1.165, 1.54) is 167 Å². The molecule has 0 bridgehead atoms. The van der Waals surface area contributed by atoms with Gasteiger partial charge in [0.25, 0.3) is 0 Å². The first kappa shape index (κ1) is 44.8. The predicted octanol–water partition coefficient (Wildman–Crippen LogP) is 13.3. The first-order valence-electron chi connectivity index (χ1n) is 20.2. The van der Waals surface area contributed by atoms with Crippen LogP contribution in [0.2, 0.25) is 0 Å². The summed E-state index contributed by atoms with van der Waals surface area (Å²) in [6, 6.07) is 0. The van der Waals surface area contributed by atoms with Crippen molar-refractivity contribution in [2.45, 2.75) is 245 Å². The van der Waals surface area contributed by atoms with Gasteiger partial charge in [-0.2, -0.15) is 8.42 Å². The number of rotatable bonds is 38. The van der Waals surface area contributed by atoms with E-state index in [4.69, 9.17) is 8.37 Å². The lowest BCUT2D eigenvalue weighted by molar-refractivity contribution is -0.152. The van der Waals surface area contributed by atoms with Crippen LogP contribution in [-0.2, 0) is 18.8 Å². The quantitative estimate of drug-likeness (QED) is 0.0527. The summed E-state index contributed by atoms with van der Waals surface area (Å²) in [6.45, 7) is 6.18. The third-order valence-corrected chi connectivity index (χ3v) is 10.4. The molecule has 0 radical (unpaired) electrons.